The van der Waals surface area contributed by atoms with Gasteiger partial charge in [-0.2, -0.15) is 0 Å². The van der Waals surface area contributed by atoms with Crippen molar-refractivity contribution >= 4 is 0 Å². The zero-order valence-electron chi connectivity index (χ0n) is 24.7. The van der Waals surface area contributed by atoms with Gasteiger partial charge in [0.05, 0.1) is 12.0 Å². The van der Waals surface area contributed by atoms with Crippen LogP contribution in [0.1, 0.15) is 93.6 Å². The Morgan fingerprint density at radius 2 is 1.67 bits per heavy atom. The average Bonchev–Trinajstić information content (AvgIpc) is 3.16. The zero-order chi connectivity index (χ0) is 27.1. The summed E-state index contributed by atoms with van der Waals surface area (Å²) in [4.78, 5) is 0. The van der Waals surface area contributed by atoms with E-state index in [2.05, 4.69) is 108 Å². The number of rotatable bonds is 12. The molecule has 0 fully saturated rings. The zero-order valence-corrected chi connectivity index (χ0v) is 24.7. The second kappa shape index (κ2) is 16.4. The van der Waals surface area contributed by atoms with E-state index in [1.165, 1.54) is 17.6 Å². The number of hydrogen-bond donors (Lipinski definition) is 0. The van der Waals surface area contributed by atoms with Gasteiger partial charge in [0, 0.05) is 0 Å². The second-order valence-electron chi connectivity index (χ2n) is 10.6. The molecule has 36 heavy (non-hydrogen) atoms. The topological polar surface area (TPSA) is 18.5 Å². The van der Waals surface area contributed by atoms with Crippen molar-refractivity contribution in [1.82, 2.24) is 0 Å². The second-order valence-corrected chi connectivity index (χ2v) is 10.6. The van der Waals surface area contributed by atoms with Crippen molar-refractivity contribution in [2.24, 2.45) is 17.3 Å². The maximum Gasteiger partial charge on any atom is 0.209 e. The Bertz CT molecular complexity index is 892. The summed E-state index contributed by atoms with van der Waals surface area (Å²) in [6, 6.07) is 8.68. The summed E-state index contributed by atoms with van der Waals surface area (Å²) in [5, 5.41) is 0. The Morgan fingerprint density at radius 3 is 2.22 bits per heavy atom. The smallest absolute Gasteiger partial charge is 0.209 e. The number of benzene rings is 1. The van der Waals surface area contributed by atoms with Gasteiger partial charge in [-0.1, -0.05) is 102 Å². The molecule has 0 radical (unpaired) electrons. The summed E-state index contributed by atoms with van der Waals surface area (Å²) >= 11 is 0. The van der Waals surface area contributed by atoms with E-state index in [0.29, 0.717) is 24.4 Å². The summed E-state index contributed by atoms with van der Waals surface area (Å²) in [5.74, 6) is 2.69. The molecular formula is C34H52O2. The molecule has 0 saturated heterocycles. The van der Waals surface area contributed by atoms with Gasteiger partial charge in [0.25, 0.3) is 0 Å². The van der Waals surface area contributed by atoms with Crippen LogP contribution in [-0.4, -0.2) is 12.9 Å². The molecule has 2 unspecified atom stereocenters. The lowest BCUT2D eigenvalue weighted by atomic mass is 9.82. The number of hydrogen-bond acceptors (Lipinski definition) is 2. The van der Waals surface area contributed by atoms with E-state index >= 15 is 0 Å². The van der Waals surface area contributed by atoms with Gasteiger partial charge in [0.15, 0.2) is 0 Å². The van der Waals surface area contributed by atoms with E-state index < -0.39 is 6.29 Å². The van der Waals surface area contributed by atoms with Crippen molar-refractivity contribution in [2.75, 3.05) is 6.61 Å². The molecule has 0 amide bonds. The summed E-state index contributed by atoms with van der Waals surface area (Å²) in [6.45, 7) is 22.2. The molecular weight excluding hydrogens is 440 g/mol. The van der Waals surface area contributed by atoms with E-state index in [1.54, 1.807) is 0 Å². The lowest BCUT2D eigenvalue weighted by Crippen LogP contribution is -2.38. The van der Waals surface area contributed by atoms with E-state index in [0.717, 1.165) is 17.7 Å². The van der Waals surface area contributed by atoms with Crippen LogP contribution in [0.5, 0.6) is 5.75 Å². The first kappa shape index (κ1) is 31.7. The van der Waals surface area contributed by atoms with Crippen LogP contribution in [0.3, 0.4) is 0 Å². The molecule has 1 aromatic rings. The molecule has 1 aromatic carbocycles. The Hall–Kier alpha value is -2.32. The van der Waals surface area contributed by atoms with E-state index in [4.69, 9.17) is 9.47 Å². The van der Waals surface area contributed by atoms with Crippen molar-refractivity contribution in [1.29, 1.82) is 0 Å². The van der Waals surface area contributed by atoms with E-state index in [-0.39, 0.29) is 5.41 Å². The third-order valence-corrected chi connectivity index (χ3v) is 6.55. The van der Waals surface area contributed by atoms with Crippen molar-refractivity contribution in [2.45, 2.75) is 94.3 Å². The van der Waals surface area contributed by atoms with Gasteiger partial charge in [0.1, 0.15) is 5.75 Å². The van der Waals surface area contributed by atoms with Gasteiger partial charge in [-0.15, -0.1) is 0 Å². The summed E-state index contributed by atoms with van der Waals surface area (Å²) in [7, 11) is 0. The molecule has 2 rings (SSSR count). The molecule has 2 atom stereocenters. The van der Waals surface area contributed by atoms with Gasteiger partial charge in [-0.3, -0.25) is 0 Å². The largest absolute Gasteiger partial charge is 0.464 e. The summed E-state index contributed by atoms with van der Waals surface area (Å²) < 4.78 is 13.0. The first-order valence-corrected chi connectivity index (χ1v) is 13.9. The highest BCUT2D eigenvalue weighted by Crippen LogP contribution is 2.37. The standard InChI is InChI=1S/C32H46O2.C2H6/c1-9-15-26(10-2)23-33-31(32(7,8)28-16-13-11-12-14-17-28)34-29-20-18-27(19-21-29)30(25(5)6)22-24(3)4;1-2/h9-11,13-21,24-25,30-31H,12,22-23H2,1-8H3;1-2H3/b15-9-,26-10+;. The highest BCUT2D eigenvalue weighted by molar-refractivity contribution is 5.34. The molecule has 1 aliphatic carbocycles. The molecule has 0 bridgehead atoms. The fourth-order valence-electron chi connectivity index (χ4n) is 4.37. The van der Waals surface area contributed by atoms with Crippen molar-refractivity contribution < 1.29 is 9.47 Å². The van der Waals surface area contributed by atoms with Gasteiger partial charge in [0.2, 0.25) is 6.29 Å². The SMILES string of the molecule is C/C=C\C(=C/C)COC(Oc1ccc(C(CC(C)C)C(C)C)cc1)C(C)(C)C1=CC=CCC=C1.CC. The van der Waals surface area contributed by atoms with Gasteiger partial charge >= 0.3 is 0 Å². The third-order valence-electron chi connectivity index (χ3n) is 6.55. The molecule has 2 heteroatoms. The highest BCUT2D eigenvalue weighted by atomic mass is 16.7. The van der Waals surface area contributed by atoms with Gasteiger partial charge in [-0.25, -0.2) is 0 Å². The molecule has 1 aliphatic rings. The van der Waals surface area contributed by atoms with Crippen molar-refractivity contribution in [3.63, 3.8) is 0 Å². The van der Waals surface area contributed by atoms with Gasteiger partial charge < -0.3 is 9.47 Å². The van der Waals surface area contributed by atoms with Crippen LogP contribution in [0.25, 0.3) is 0 Å². The van der Waals surface area contributed by atoms with Crippen LogP contribution in [-0.2, 0) is 4.74 Å². The molecule has 200 valence electrons. The summed E-state index contributed by atoms with van der Waals surface area (Å²) in [6.07, 6.45) is 18.8. The minimum Gasteiger partial charge on any atom is -0.464 e. The molecule has 0 N–H and O–H groups in total. The van der Waals surface area contributed by atoms with E-state index in [1.807, 2.05) is 33.8 Å². The molecule has 0 heterocycles. The maximum atomic E-state index is 6.55. The minimum absolute atomic E-state index is 0.337. The van der Waals surface area contributed by atoms with Crippen LogP contribution in [0, 0.1) is 17.3 Å². The predicted molar refractivity (Wildman–Crippen MR) is 159 cm³/mol. The number of ether oxygens (including phenoxy) is 2. The molecule has 2 nitrogen and oxygen atoms in total. The lowest BCUT2D eigenvalue weighted by molar-refractivity contribution is -0.126. The highest BCUT2D eigenvalue weighted by Gasteiger charge is 2.35. The van der Waals surface area contributed by atoms with Crippen molar-refractivity contribution in [3.8, 4) is 5.75 Å². The van der Waals surface area contributed by atoms with Crippen LogP contribution in [0.2, 0.25) is 0 Å². The van der Waals surface area contributed by atoms with E-state index in [9.17, 15) is 0 Å². The lowest BCUT2D eigenvalue weighted by Gasteiger charge is -2.35. The van der Waals surface area contributed by atoms with Crippen LogP contribution >= 0.6 is 0 Å². The normalized spacial score (nSPS) is 16.0. The fraction of sp³-hybridized carbons (Fsp3) is 0.529. The van der Waals surface area contributed by atoms with Crippen LogP contribution < -0.4 is 4.74 Å². The maximum absolute atomic E-state index is 6.55. The minimum atomic E-state index is -0.433. The molecule has 0 aromatic heterocycles. The monoisotopic (exact) mass is 492 g/mol. The predicted octanol–water partition coefficient (Wildman–Crippen LogP) is 10.2. The average molecular weight is 493 g/mol. The molecule has 0 saturated carbocycles. The number of allylic oxidation sites excluding steroid dienone is 7. The molecule has 0 aliphatic heterocycles. The molecule has 0 spiro atoms. The fourth-order valence-corrected chi connectivity index (χ4v) is 4.37. The van der Waals surface area contributed by atoms with Crippen molar-refractivity contribution in [3.05, 3.63) is 89.6 Å². The Balaban J connectivity index is 0.00000316. The first-order chi connectivity index (χ1) is 17.2. The first-order valence-electron chi connectivity index (χ1n) is 13.9. The Morgan fingerprint density at radius 1 is 1.00 bits per heavy atom. The van der Waals surface area contributed by atoms with Crippen LogP contribution in [0.15, 0.2) is 84.0 Å². The quantitative estimate of drug-likeness (QED) is 0.213. The Labute approximate surface area is 222 Å². The Kier molecular flexibility index (Phi) is 14.5. The summed E-state index contributed by atoms with van der Waals surface area (Å²) in [5.41, 5.74) is 3.39. The third kappa shape index (κ3) is 9.97. The van der Waals surface area contributed by atoms with Crippen LogP contribution in [0.4, 0.5) is 0 Å². The van der Waals surface area contributed by atoms with Gasteiger partial charge in [-0.05, 0) is 87.1 Å².